The summed E-state index contributed by atoms with van der Waals surface area (Å²) in [6.45, 7) is 4.04. The number of sulfonamides is 1. The molecule has 0 amide bonds. The van der Waals surface area contributed by atoms with E-state index in [0.717, 1.165) is 9.87 Å². The van der Waals surface area contributed by atoms with Crippen LogP contribution >= 0.6 is 0 Å². The average molecular weight is 257 g/mol. The highest BCUT2D eigenvalue weighted by Crippen LogP contribution is 2.19. The summed E-state index contributed by atoms with van der Waals surface area (Å²) >= 11 is 0. The van der Waals surface area contributed by atoms with Gasteiger partial charge in [0.25, 0.3) is 0 Å². The van der Waals surface area contributed by atoms with Crippen LogP contribution in [0.2, 0.25) is 0 Å². The van der Waals surface area contributed by atoms with Crippen molar-refractivity contribution in [3.8, 4) is 0 Å². The summed E-state index contributed by atoms with van der Waals surface area (Å²) in [5.74, 6) is 0.377. The molecule has 0 radical (unpaired) electrons. The number of rotatable bonds is 5. The third-order valence-electron chi connectivity index (χ3n) is 2.67. The van der Waals surface area contributed by atoms with Crippen LogP contribution in [0, 0.1) is 0 Å². The van der Waals surface area contributed by atoms with Crippen molar-refractivity contribution < 1.29 is 13.5 Å². The van der Waals surface area contributed by atoms with Gasteiger partial charge in [0, 0.05) is 13.6 Å². The number of aliphatic hydroxyl groups is 1. The van der Waals surface area contributed by atoms with Gasteiger partial charge in [-0.05, 0) is 23.6 Å². The van der Waals surface area contributed by atoms with Crippen LogP contribution in [0.3, 0.4) is 0 Å². The maximum atomic E-state index is 12.0. The predicted molar refractivity (Wildman–Crippen MR) is 67.4 cm³/mol. The fraction of sp³-hybridized carbons (Fsp3) is 0.500. The first-order valence-corrected chi connectivity index (χ1v) is 7.00. The Kier molecular flexibility index (Phi) is 4.68. The molecule has 1 rings (SSSR count). The molecule has 0 unspecified atom stereocenters. The summed E-state index contributed by atoms with van der Waals surface area (Å²) in [7, 11) is -2.01. The molecule has 0 aliphatic heterocycles. The lowest BCUT2D eigenvalue weighted by molar-refractivity contribution is 0.266. The molecule has 4 nitrogen and oxygen atoms in total. The molecule has 5 heteroatoms. The van der Waals surface area contributed by atoms with Gasteiger partial charge in [0.15, 0.2) is 0 Å². The first kappa shape index (κ1) is 14.2. The number of benzene rings is 1. The van der Waals surface area contributed by atoms with Crippen LogP contribution in [0.1, 0.15) is 25.3 Å². The Morgan fingerprint density at radius 3 is 2.18 bits per heavy atom. The lowest BCUT2D eigenvalue weighted by Crippen LogP contribution is -2.29. The van der Waals surface area contributed by atoms with Crippen molar-refractivity contribution in [2.75, 3.05) is 20.2 Å². The summed E-state index contributed by atoms with van der Waals surface area (Å²) in [5, 5.41) is 8.76. The van der Waals surface area contributed by atoms with Crippen molar-refractivity contribution in [3.05, 3.63) is 29.8 Å². The topological polar surface area (TPSA) is 57.6 Å². The van der Waals surface area contributed by atoms with Gasteiger partial charge in [0.1, 0.15) is 0 Å². The highest BCUT2D eigenvalue weighted by molar-refractivity contribution is 7.89. The minimum absolute atomic E-state index is 0.105. The van der Waals surface area contributed by atoms with Crippen LogP contribution in [0.25, 0.3) is 0 Å². The third kappa shape index (κ3) is 3.28. The van der Waals surface area contributed by atoms with E-state index in [0.29, 0.717) is 5.92 Å². The van der Waals surface area contributed by atoms with Crippen molar-refractivity contribution >= 4 is 10.0 Å². The molecular weight excluding hydrogens is 238 g/mol. The standard InChI is InChI=1S/C12H19NO3S/c1-10(2)11-4-6-12(7-5-11)17(15,16)13(3)8-9-14/h4-7,10,14H,8-9H2,1-3H3. The third-order valence-corrected chi connectivity index (χ3v) is 4.54. The Labute approximate surface area is 103 Å². The smallest absolute Gasteiger partial charge is 0.242 e. The van der Waals surface area contributed by atoms with E-state index in [1.807, 2.05) is 12.1 Å². The van der Waals surface area contributed by atoms with Crippen LogP contribution in [-0.2, 0) is 10.0 Å². The molecule has 0 atom stereocenters. The molecule has 0 bridgehead atoms. The van der Waals surface area contributed by atoms with Gasteiger partial charge >= 0.3 is 0 Å². The quantitative estimate of drug-likeness (QED) is 0.868. The Morgan fingerprint density at radius 1 is 1.24 bits per heavy atom. The summed E-state index contributed by atoms with van der Waals surface area (Å²) < 4.78 is 25.2. The molecule has 0 fully saturated rings. The highest BCUT2D eigenvalue weighted by Gasteiger charge is 2.19. The second-order valence-corrected chi connectivity index (χ2v) is 6.32. The fourth-order valence-corrected chi connectivity index (χ4v) is 2.63. The molecule has 0 heterocycles. The van der Waals surface area contributed by atoms with E-state index in [4.69, 9.17) is 5.11 Å². The number of likely N-dealkylation sites (N-methyl/N-ethyl adjacent to an activating group) is 1. The van der Waals surface area contributed by atoms with Gasteiger partial charge in [-0.3, -0.25) is 0 Å². The van der Waals surface area contributed by atoms with Crippen LogP contribution in [-0.4, -0.2) is 38.0 Å². The van der Waals surface area contributed by atoms with E-state index in [1.54, 1.807) is 12.1 Å². The van der Waals surface area contributed by atoms with Gasteiger partial charge in [-0.15, -0.1) is 0 Å². The SMILES string of the molecule is CC(C)c1ccc(S(=O)(=O)N(C)CCO)cc1. The molecule has 1 aromatic rings. The maximum Gasteiger partial charge on any atom is 0.242 e. The van der Waals surface area contributed by atoms with E-state index in [1.165, 1.54) is 7.05 Å². The van der Waals surface area contributed by atoms with Crippen molar-refractivity contribution in [2.24, 2.45) is 0 Å². The van der Waals surface area contributed by atoms with Crippen LogP contribution < -0.4 is 0 Å². The molecule has 0 aliphatic rings. The molecule has 1 aromatic carbocycles. The van der Waals surface area contributed by atoms with Crippen molar-refractivity contribution in [3.63, 3.8) is 0 Å². The maximum absolute atomic E-state index is 12.0. The Balaban J connectivity index is 3.00. The Hall–Kier alpha value is -0.910. The van der Waals surface area contributed by atoms with Gasteiger partial charge in [-0.25, -0.2) is 8.42 Å². The first-order chi connectivity index (χ1) is 7.89. The van der Waals surface area contributed by atoms with Gasteiger partial charge < -0.3 is 5.11 Å². The number of hydrogen-bond acceptors (Lipinski definition) is 3. The van der Waals surface area contributed by atoms with Crippen molar-refractivity contribution in [1.82, 2.24) is 4.31 Å². The van der Waals surface area contributed by atoms with Gasteiger partial charge in [0.05, 0.1) is 11.5 Å². The lowest BCUT2D eigenvalue weighted by atomic mass is 10.0. The predicted octanol–water partition coefficient (Wildman–Crippen LogP) is 1.42. The van der Waals surface area contributed by atoms with Crippen molar-refractivity contribution in [1.29, 1.82) is 0 Å². The second-order valence-electron chi connectivity index (χ2n) is 4.27. The molecule has 17 heavy (non-hydrogen) atoms. The lowest BCUT2D eigenvalue weighted by Gasteiger charge is -2.16. The highest BCUT2D eigenvalue weighted by atomic mass is 32.2. The zero-order chi connectivity index (χ0) is 13.1. The van der Waals surface area contributed by atoms with E-state index >= 15 is 0 Å². The molecule has 0 saturated heterocycles. The van der Waals surface area contributed by atoms with Crippen LogP contribution in [0.4, 0.5) is 0 Å². The molecule has 1 N–H and O–H groups in total. The molecule has 0 saturated carbocycles. The minimum atomic E-state index is -3.47. The fourth-order valence-electron chi connectivity index (χ4n) is 1.47. The van der Waals surface area contributed by atoms with Gasteiger partial charge in [-0.1, -0.05) is 26.0 Å². The first-order valence-electron chi connectivity index (χ1n) is 5.56. The molecule has 0 aliphatic carbocycles. The molecular formula is C12H19NO3S. The van der Waals surface area contributed by atoms with Gasteiger partial charge in [-0.2, -0.15) is 4.31 Å². The van der Waals surface area contributed by atoms with Crippen LogP contribution in [0.15, 0.2) is 29.2 Å². The van der Waals surface area contributed by atoms with Crippen molar-refractivity contribution in [2.45, 2.75) is 24.7 Å². The van der Waals surface area contributed by atoms with Crippen LogP contribution in [0.5, 0.6) is 0 Å². The minimum Gasteiger partial charge on any atom is -0.395 e. The Morgan fingerprint density at radius 2 is 1.76 bits per heavy atom. The zero-order valence-corrected chi connectivity index (χ0v) is 11.2. The Bertz CT molecular complexity index is 451. The van der Waals surface area contributed by atoms with E-state index in [2.05, 4.69) is 13.8 Å². The summed E-state index contributed by atoms with van der Waals surface area (Å²) in [6.07, 6.45) is 0. The second kappa shape index (κ2) is 5.62. The summed E-state index contributed by atoms with van der Waals surface area (Å²) in [4.78, 5) is 0.262. The molecule has 0 aromatic heterocycles. The average Bonchev–Trinajstić information content (AvgIpc) is 2.29. The van der Waals surface area contributed by atoms with E-state index in [-0.39, 0.29) is 18.0 Å². The normalized spacial score (nSPS) is 12.4. The van der Waals surface area contributed by atoms with E-state index < -0.39 is 10.0 Å². The number of nitrogens with zero attached hydrogens (tertiary/aromatic N) is 1. The van der Waals surface area contributed by atoms with Gasteiger partial charge in [0.2, 0.25) is 10.0 Å². The number of aliphatic hydroxyl groups excluding tert-OH is 1. The number of hydrogen-bond donors (Lipinski definition) is 1. The zero-order valence-electron chi connectivity index (χ0n) is 10.4. The monoisotopic (exact) mass is 257 g/mol. The summed E-state index contributed by atoms with van der Waals surface area (Å²) in [6, 6.07) is 6.87. The molecule has 96 valence electrons. The molecule has 0 spiro atoms. The largest absolute Gasteiger partial charge is 0.395 e. The van der Waals surface area contributed by atoms with E-state index in [9.17, 15) is 8.42 Å². The summed E-state index contributed by atoms with van der Waals surface area (Å²) in [5.41, 5.74) is 1.11.